The minimum Gasteiger partial charge on any atom is -0.459 e. The van der Waals surface area contributed by atoms with Crippen molar-refractivity contribution in [3.63, 3.8) is 0 Å². The summed E-state index contributed by atoms with van der Waals surface area (Å²) in [7, 11) is 0. The Bertz CT molecular complexity index is 445. The lowest BCUT2D eigenvalue weighted by molar-refractivity contribution is 0.112. The van der Waals surface area contributed by atoms with Gasteiger partial charge >= 0.3 is 0 Å². The van der Waals surface area contributed by atoms with Crippen LogP contribution in [0, 0.1) is 0 Å². The van der Waals surface area contributed by atoms with Crippen LogP contribution >= 0.6 is 11.6 Å². The van der Waals surface area contributed by atoms with Crippen LogP contribution in [-0.2, 0) is 5.88 Å². The van der Waals surface area contributed by atoms with Gasteiger partial charge in [-0.2, -0.15) is 0 Å². The maximum absolute atomic E-state index is 10.7. The van der Waals surface area contributed by atoms with Crippen molar-refractivity contribution in [1.82, 2.24) is 0 Å². The van der Waals surface area contributed by atoms with Gasteiger partial charge in [0.25, 0.3) is 0 Å². The molecule has 0 unspecified atom stereocenters. The van der Waals surface area contributed by atoms with Crippen molar-refractivity contribution in [3.05, 3.63) is 35.6 Å². The van der Waals surface area contributed by atoms with E-state index in [0.29, 0.717) is 16.9 Å². The molecule has 2 nitrogen and oxygen atoms in total. The van der Waals surface area contributed by atoms with Gasteiger partial charge in [0, 0.05) is 5.39 Å². The highest BCUT2D eigenvalue weighted by Crippen LogP contribution is 2.25. The van der Waals surface area contributed by atoms with Crippen molar-refractivity contribution in [1.29, 1.82) is 0 Å². The molecule has 13 heavy (non-hydrogen) atoms. The van der Waals surface area contributed by atoms with E-state index in [-0.39, 0.29) is 5.88 Å². The number of aldehydes is 1. The fraction of sp³-hybridized carbons (Fsp3) is 0.100. The van der Waals surface area contributed by atoms with E-state index in [4.69, 9.17) is 16.0 Å². The molecule has 66 valence electrons. The lowest BCUT2D eigenvalue weighted by Gasteiger charge is -1.86. The molecule has 1 aromatic carbocycles. The third-order valence-corrected chi connectivity index (χ3v) is 2.19. The molecule has 0 saturated carbocycles. The van der Waals surface area contributed by atoms with Crippen LogP contribution in [0.1, 0.15) is 16.1 Å². The van der Waals surface area contributed by atoms with Crippen LogP contribution in [0.5, 0.6) is 0 Å². The fourth-order valence-corrected chi connectivity index (χ4v) is 1.54. The van der Waals surface area contributed by atoms with E-state index in [1.54, 1.807) is 0 Å². The zero-order valence-corrected chi connectivity index (χ0v) is 7.54. The molecular formula is C10H7ClO2. The minimum absolute atomic E-state index is 0.225. The Morgan fingerprint density at radius 1 is 1.38 bits per heavy atom. The molecule has 1 heterocycles. The normalized spacial score (nSPS) is 10.5. The lowest BCUT2D eigenvalue weighted by atomic mass is 10.1. The number of carbonyl (C=O) groups excluding carboxylic acids is 1. The Morgan fingerprint density at radius 3 is 2.85 bits per heavy atom. The van der Waals surface area contributed by atoms with Gasteiger partial charge in [0.05, 0.1) is 11.4 Å². The van der Waals surface area contributed by atoms with Gasteiger partial charge in [-0.05, 0) is 6.07 Å². The van der Waals surface area contributed by atoms with Gasteiger partial charge in [0.1, 0.15) is 11.3 Å². The second-order valence-electron chi connectivity index (χ2n) is 2.69. The fourth-order valence-electron chi connectivity index (χ4n) is 1.34. The monoisotopic (exact) mass is 194 g/mol. The third-order valence-electron chi connectivity index (χ3n) is 1.95. The second kappa shape index (κ2) is 3.23. The summed E-state index contributed by atoms with van der Waals surface area (Å²) in [6.07, 6.45) is 0.781. The van der Waals surface area contributed by atoms with Crippen molar-refractivity contribution in [2.24, 2.45) is 0 Å². The standard InChI is InChI=1S/C10H7ClO2/c11-5-10-8(6-12)7-3-1-2-4-9(7)13-10/h1-4,6H,5H2. The van der Waals surface area contributed by atoms with Gasteiger partial charge in [0.2, 0.25) is 0 Å². The summed E-state index contributed by atoms with van der Waals surface area (Å²) in [5, 5.41) is 0.827. The number of fused-ring (bicyclic) bond motifs is 1. The number of benzene rings is 1. The van der Waals surface area contributed by atoms with Crippen molar-refractivity contribution in [2.75, 3.05) is 0 Å². The van der Waals surface area contributed by atoms with Crippen LogP contribution in [0.3, 0.4) is 0 Å². The number of alkyl halides is 1. The molecule has 0 aliphatic rings. The minimum atomic E-state index is 0.225. The number of halogens is 1. The second-order valence-corrected chi connectivity index (χ2v) is 2.95. The summed E-state index contributed by atoms with van der Waals surface area (Å²) in [6, 6.07) is 7.39. The zero-order valence-electron chi connectivity index (χ0n) is 6.79. The molecule has 0 saturated heterocycles. The predicted octanol–water partition coefficient (Wildman–Crippen LogP) is 2.98. The highest BCUT2D eigenvalue weighted by atomic mass is 35.5. The maximum Gasteiger partial charge on any atom is 0.154 e. The van der Waals surface area contributed by atoms with Crippen LogP contribution in [-0.4, -0.2) is 6.29 Å². The lowest BCUT2D eigenvalue weighted by Crippen LogP contribution is -1.81. The molecule has 0 atom stereocenters. The molecule has 3 heteroatoms. The molecule has 2 rings (SSSR count). The quantitative estimate of drug-likeness (QED) is 0.544. The summed E-state index contributed by atoms with van der Waals surface area (Å²) in [4.78, 5) is 10.7. The molecule has 2 aromatic rings. The molecule has 1 aromatic heterocycles. The SMILES string of the molecule is O=Cc1c(CCl)oc2ccccc12. The summed E-state index contributed by atoms with van der Waals surface area (Å²) in [5.41, 5.74) is 1.27. The van der Waals surface area contributed by atoms with Crippen LogP contribution in [0.2, 0.25) is 0 Å². The first-order valence-electron chi connectivity index (χ1n) is 3.88. The van der Waals surface area contributed by atoms with E-state index in [2.05, 4.69) is 0 Å². The molecule has 0 amide bonds. The van der Waals surface area contributed by atoms with Gasteiger partial charge in [0.15, 0.2) is 6.29 Å². The number of rotatable bonds is 2. The number of furan rings is 1. The zero-order chi connectivity index (χ0) is 9.26. The highest BCUT2D eigenvalue weighted by Gasteiger charge is 2.11. The number of para-hydroxylation sites is 1. The number of hydrogen-bond donors (Lipinski definition) is 0. The summed E-state index contributed by atoms with van der Waals surface area (Å²) < 4.78 is 5.38. The number of carbonyl (C=O) groups is 1. The van der Waals surface area contributed by atoms with Crippen LogP contribution in [0.15, 0.2) is 28.7 Å². The highest BCUT2D eigenvalue weighted by molar-refractivity contribution is 6.17. The smallest absolute Gasteiger partial charge is 0.154 e. The van der Waals surface area contributed by atoms with Crippen molar-refractivity contribution >= 4 is 28.9 Å². The molecule has 0 bridgehead atoms. The third kappa shape index (κ3) is 1.23. The molecule has 0 aliphatic heterocycles. The Hall–Kier alpha value is -1.28. The van der Waals surface area contributed by atoms with Gasteiger partial charge in [-0.15, -0.1) is 11.6 Å². The molecule has 0 radical (unpaired) electrons. The van der Waals surface area contributed by atoms with Crippen molar-refractivity contribution in [3.8, 4) is 0 Å². The Labute approximate surface area is 80.1 Å². The van der Waals surface area contributed by atoms with Crippen LogP contribution < -0.4 is 0 Å². The molecule has 0 spiro atoms. The van der Waals surface area contributed by atoms with Crippen molar-refractivity contribution < 1.29 is 9.21 Å². The molecule has 0 aliphatic carbocycles. The summed E-state index contributed by atoms with van der Waals surface area (Å²) in [5.74, 6) is 0.765. The Balaban J connectivity index is 2.81. The first-order chi connectivity index (χ1) is 6.36. The van der Waals surface area contributed by atoms with Crippen LogP contribution in [0.25, 0.3) is 11.0 Å². The van der Waals surface area contributed by atoms with Gasteiger partial charge in [-0.25, -0.2) is 0 Å². The first kappa shape index (κ1) is 8.32. The molecular weight excluding hydrogens is 188 g/mol. The van der Waals surface area contributed by atoms with E-state index < -0.39 is 0 Å². The van der Waals surface area contributed by atoms with Crippen molar-refractivity contribution in [2.45, 2.75) is 5.88 Å². The predicted molar refractivity (Wildman–Crippen MR) is 51.2 cm³/mol. The van der Waals surface area contributed by atoms with E-state index >= 15 is 0 Å². The largest absolute Gasteiger partial charge is 0.459 e. The Morgan fingerprint density at radius 2 is 2.15 bits per heavy atom. The Kier molecular flexibility index (Phi) is 2.07. The summed E-state index contributed by atoms with van der Waals surface area (Å²) in [6.45, 7) is 0. The van der Waals surface area contributed by atoms with E-state index in [9.17, 15) is 4.79 Å². The summed E-state index contributed by atoms with van der Waals surface area (Å²) >= 11 is 5.63. The van der Waals surface area contributed by atoms with Gasteiger partial charge in [-0.1, -0.05) is 18.2 Å². The average molecular weight is 195 g/mol. The van der Waals surface area contributed by atoms with E-state index in [1.165, 1.54) is 0 Å². The molecule has 0 fully saturated rings. The number of hydrogen-bond acceptors (Lipinski definition) is 2. The van der Waals surface area contributed by atoms with Gasteiger partial charge < -0.3 is 4.42 Å². The van der Waals surface area contributed by atoms with E-state index in [0.717, 1.165) is 11.7 Å². The molecule has 0 N–H and O–H groups in total. The first-order valence-corrected chi connectivity index (χ1v) is 4.42. The van der Waals surface area contributed by atoms with Crippen LogP contribution in [0.4, 0.5) is 0 Å². The topological polar surface area (TPSA) is 30.2 Å². The van der Waals surface area contributed by atoms with Gasteiger partial charge in [-0.3, -0.25) is 4.79 Å². The maximum atomic E-state index is 10.7. The average Bonchev–Trinajstić information content (AvgIpc) is 2.55. The van der Waals surface area contributed by atoms with E-state index in [1.807, 2.05) is 24.3 Å².